The molecule has 1 aromatic carbocycles. The summed E-state index contributed by atoms with van der Waals surface area (Å²) in [6.07, 6.45) is 6.60. The summed E-state index contributed by atoms with van der Waals surface area (Å²) in [5, 5.41) is 6.65. The van der Waals surface area contributed by atoms with Crippen molar-refractivity contribution in [3.63, 3.8) is 0 Å². The fraction of sp³-hybridized carbons (Fsp3) is 0.632. The number of guanidine groups is 1. The van der Waals surface area contributed by atoms with Crippen LogP contribution in [0.4, 0.5) is 0 Å². The first-order chi connectivity index (χ1) is 11.3. The van der Waals surface area contributed by atoms with E-state index in [9.17, 15) is 0 Å². The van der Waals surface area contributed by atoms with E-state index in [0.717, 1.165) is 32.0 Å². The van der Waals surface area contributed by atoms with E-state index in [1.54, 1.807) is 0 Å². The Labute approximate surface area is 141 Å². The summed E-state index contributed by atoms with van der Waals surface area (Å²) < 4.78 is 0. The van der Waals surface area contributed by atoms with Gasteiger partial charge in [-0.15, -0.1) is 0 Å². The normalized spacial score (nSPS) is 16.9. The largest absolute Gasteiger partial charge is 0.356 e. The van der Waals surface area contributed by atoms with Crippen molar-refractivity contribution in [2.45, 2.75) is 52.1 Å². The van der Waals surface area contributed by atoms with Gasteiger partial charge in [0.15, 0.2) is 5.96 Å². The van der Waals surface area contributed by atoms with Crippen LogP contribution < -0.4 is 10.6 Å². The van der Waals surface area contributed by atoms with Crippen LogP contribution in [0, 0.1) is 0 Å². The van der Waals surface area contributed by atoms with Crippen molar-refractivity contribution in [2.75, 3.05) is 26.7 Å². The van der Waals surface area contributed by atoms with Gasteiger partial charge in [0, 0.05) is 26.7 Å². The van der Waals surface area contributed by atoms with E-state index in [1.807, 2.05) is 7.05 Å². The second-order valence-corrected chi connectivity index (χ2v) is 6.36. The smallest absolute Gasteiger partial charge is 0.191 e. The van der Waals surface area contributed by atoms with Gasteiger partial charge in [0.2, 0.25) is 0 Å². The van der Waals surface area contributed by atoms with Crippen LogP contribution in [0.25, 0.3) is 0 Å². The van der Waals surface area contributed by atoms with Crippen molar-refractivity contribution in [3.05, 3.63) is 35.4 Å². The molecule has 1 fully saturated rings. The number of rotatable bonds is 6. The summed E-state index contributed by atoms with van der Waals surface area (Å²) in [7, 11) is 1.81. The van der Waals surface area contributed by atoms with Crippen molar-refractivity contribution >= 4 is 5.96 Å². The molecule has 1 heterocycles. The lowest BCUT2D eigenvalue weighted by Gasteiger charge is -2.20. The highest BCUT2D eigenvalue weighted by Gasteiger charge is 2.09. The number of hydrogen-bond donors (Lipinski definition) is 2. The number of likely N-dealkylation sites (tertiary alicyclic amines) is 1. The van der Waals surface area contributed by atoms with Crippen LogP contribution in [0.15, 0.2) is 29.3 Å². The number of nitrogens with zero attached hydrogens (tertiary/aromatic N) is 2. The van der Waals surface area contributed by atoms with Gasteiger partial charge in [-0.2, -0.15) is 0 Å². The Kier molecular flexibility index (Phi) is 7.95. The average molecular weight is 316 g/mol. The minimum atomic E-state index is 0.813. The van der Waals surface area contributed by atoms with Crippen molar-refractivity contribution in [2.24, 2.45) is 4.99 Å². The molecule has 0 bridgehead atoms. The Bertz CT molecular complexity index is 459. The Hall–Kier alpha value is -1.55. The van der Waals surface area contributed by atoms with E-state index in [2.05, 4.69) is 51.7 Å². The molecule has 1 aliphatic rings. The van der Waals surface area contributed by atoms with Crippen LogP contribution in [0.1, 0.15) is 50.2 Å². The van der Waals surface area contributed by atoms with Gasteiger partial charge in [0.1, 0.15) is 0 Å². The predicted molar refractivity (Wildman–Crippen MR) is 98.7 cm³/mol. The summed E-state index contributed by atoms with van der Waals surface area (Å²) in [5.74, 6) is 0.875. The Morgan fingerprint density at radius 2 is 1.65 bits per heavy atom. The highest BCUT2D eigenvalue weighted by molar-refractivity contribution is 5.79. The standard InChI is InChI=1S/C19H32N4/c1-3-12-21-19(20-2)22-15-17-8-10-18(11-9-17)16-23-13-6-4-5-7-14-23/h8-11H,3-7,12-16H2,1-2H3,(H2,20,21,22). The zero-order valence-corrected chi connectivity index (χ0v) is 14.8. The first kappa shape index (κ1) is 17.8. The summed E-state index contributed by atoms with van der Waals surface area (Å²) in [4.78, 5) is 6.83. The molecule has 1 aromatic rings. The summed E-state index contributed by atoms with van der Waals surface area (Å²) >= 11 is 0. The lowest BCUT2D eigenvalue weighted by Crippen LogP contribution is -2.37. The highest BCUT2D eigenvalue weighted by Crippen LogP contribution is 2.13. The number of hydrogen-bond acceptors (Lipinski definition) is 2. The van der Waals surface area contributed by atoms with E-state index >= 15 is 0 Å². The van der Waals surface area contributed by atoms with Crippen LogP contribution in [0.2, 0.25) is 0 Å². The average Bonchev–Trinajstić information content (AvgIpc) is 2.85. The molecule has 2 rings (SSSR count). The van der Waals surface area contributed by atoms with Crippen LogP contribution >= 0.6 is 0 Å². The van der Waals surface area contributed by atoms with E-state index in [0.29, 0.717) is 0 Å². The van der Waals surface area contributed by atoms with Gasteiger partial charge < -0.3 is 10.6 Å². The van der Waals surface area contributed by atoms with Gasteiger partial charge in [-0.25, -0.2) is 0 Å². The van der Waals surface area contributed by atoms with Gasteiger partial charge in [-0.3, -0.25) is 9.89 Å². The molecular weight excluding hydrogens is 284 g/mol. The van der Waals surface area contributed by atoms with Crippen LogP contribution in [0.5, 0.6) is 0 Å². The zero-order chi connectivity index (χ0) is 16.3. The Morgan fingerprint density at radius 3 is 2.26 bits per heavy atom. The lowest BCUT2D eigenvalue weighted by molar-refractivity contribution is 0.277. The van der Waals surface area contributed by atoms with Gasteiger partial charge in [-0.1, -0.05) is 44.0 Å². The third-order valence-corrected chi connectivity index (χ3v) is 4.35. The molecule has 0 spiro atoms. The summed E-state index contributed by atoms with van der Waals surface area (Å²) in [5.41, 5.74) is 2.72. The Balaban J connectivity index is 1.79. The minimum Gasteiger partial charge on any atom is -0.356 e. The second kappa shape index (κ2) is 10.3. The van der Waals surface area contributed by atoms with E-state index < -0.39 is 0 Å². The van der Waals surface area contributed by atoms with Crippen LogP contribution in [-0.2, 0) is 13.1 Å². The predicted octanol–water partition coefficient (Wildman–Crippen LogP) is 3.14. The zero-order valence-electron chi connectivity index (χ0n) is 14.8. The van der Waals surface area contributed by atoms with Crippen molar-refractivity contribution in [3.8, 4) is 0 Å². The quantitative estimate of drug-likeness (QED) is 0.626. The number of benzene rings is 1. The van der Waals surface area contributed by atoms with Crippen molar-refractivity contribution in [1.82, 2.24) is 15.5 Å². The minimum absolute atomic E-state index is 0.813. The molecule has 0 unspecified atom stereocenters. The van der Waals surface area contributed by atoms with Crippen molar-refractivity contribution < 1.29 is 0 Å². The van der Waals surface area contributed by atoms with Gasteiger partial charge in [-0.05, 0) is 43.5 Å². The molecule has 0 aliphatic carbocycles. The molecule has 4 nitrogen and oxygen atoms in total. The van der Waals surface area contributed by atoms with E-state index in [-0.39, 0.29) is 0 Å². The molecule has 23 heavy (non-hydrogen) atoms. The van der Waals surface area contributed by atoms with Crippen LogP contribution in [-0.4, -0.2) is 37.5 Å². The number of aliphatic imine (C=N–C) groups is 1. The highest BCUT2D eigenvalue weighted by atomic mass is 15.2. The Morgan fingerprint density at radius 1 is 1.00 bits per heavy atom. The van der Waals surface area contributed by atoms with Gasteiger partial charge in [0.25, 0.3) is 0 Å². The molecular formula is C19H32N4. The molecule has 0 saturated carbocycles. The maximum Gasteiger partial charge on any atom is 0.191 e. The molecule has 0 aromatic heterocycles. The molecule has 0 radical (unpaired) electrons. The third kappa shape index (κ3) is 6.61. The SMILES string of the molecule is CCCNC(=NC)NCc1ccc(CN2CCCCCC2)cc1. The lowest BCUT2D eigenvalue weighted by atomic mass is 10.1. The third-order valence-electron chi connectivity index (χ3n) is 4.35. The van der Waals surface area contributed by atoms with Gasteiger partial charge >= 0.3 is 0 Å². The molecule has 2 N–H and O–H groups in total. The molecule has 1 saturated heterocycles. The molecule has 0 amide bonds. The monoisotopic (exact) mass is 316 g/mol. The van der Waals surface area contributed by atoms with E-state index in [4.69, 9.17) is 0 Å². The van der Waals surface area contributed by atoms with Crippen molar-refractivity contribution in [1.29, 1.82) is 0 Å². The fourth-order valence-corrected chi connectivity index (χ4v) is 2.96. The second-order valence-electron chi connectivity index (χ2n) is 6.36. The summed E-state index contributed by atoms with van der Waals surface area (Å²) in [6.45, 7) is 7.52. The first-order valence-corrected chi connectivity index (χ1v) is 9.06. The molecule has 4 heteroatoms. The number of nitrogens with one attached hydrogen (secondary N) is 2. The summed E-state index contributed by atoms with van der Waals surface area (Å²) in [6, 6.07) is 8.99. The fourth-order valence-electron chi connectivity index (χ4n) is 2.96. The van der Waals surface area contributed by atoms with Crippen LogP contribution in [0.3, 0.4) is 0 Å². The topological polar surface area (TPSA) is 39.7 Å². The molecule has 128 valence electrons. The molecule has 0 atom stereocenters. The van der Waals surface area contributed by atoms with E-state index in [1.165, 1.54) is 49.9 Å². The maximum absolute atomic E-state index is 4.23. The molecule has 1 aliphatic heterocycles. The maximum atomic E-state index is 4.23. The van der Waals surface area contributed by atoms with Gasteiger partial charge in [0.05, 0.1) is 0 Å². The first-order valence-electron chi connectivity index (χ1n) is 9.06.